The molecular weight excluding hydrogens is 358 g/mol. The van der Waals surface area contributed by atoms with Crippen molar-refractivity contribution >= 4 is 23.6 Å². The maximum atomic E-state index is 12.1. The summed E-state index contributed by atoms with van der Waals surface area (Å²) >= 11 is 0. The monoisotopic (exact) mass is 383 g/mol. The van der Waals surface area contributed by atoms with E-state index in [9.17, 15) is 9.59 Å². The quantitative estimate of drug-likeness (QED) is 0.550. The lowest BCUT2D eigenvalue weighted by molar-refractivity contribution is -0.142. The third-order valence-electron chi connectivity index (χ3n) is 4.02. The minimum Gasteiger partial charge on any atom is -0.493 e. The van der Waals surface area contributed by atoms with Crippen molar-refractivity contribution in [1.29, 1.82) is 0 Å². The number of anilines is 1. The van der Waals surface area contributed by atoms with Gasteiger partial charge >= 0.3 is 5.97 Å². The van der Waals surface area contributed by atoms with Crippen LogP contribution in [0, 0.1) is 0 Å². The molecule has 0 bridgehead atoms. The molecule has 6 heteroatoms. The molecule has 2 aromatic carbocycles. The fraction of sp³-hybridized carbons (Fsp3) is 0.273. The number of nitrogens with one attached hydrogen (secondary N) is 1. The van der Waals surface area contributed by atoms with Crippen molar-refractivity contribution in [3.63, 3.8) is 0 Å². The molecule has 0 fully saturated rings. The Labute approximate surface area is 165 Å². The Hall–Kier alpha value is -3.28. The SMILES string of the molecule is COc1ccc(/C=C/C(=O)OCC(=O)Nc2ccccc2C(C)C)cc1OC. The van der Waals surface area contributed by atoms with Gasteiger partial charge in [0.1, 0.15) is 0 Å². The number of esters is 1. The summed E-state index contributed by atoms with van der Waals surface area (Å²) in [5, 5.41) is 2.78. The molecule has 0 spiro atoms. The van der Waals surface area contributed by atoms with Gasteiger partial charge in [0.25, 0.3) is 5.91 Å². The highest BCUT2D eigenvalue weighted by atomic mass is 16.5. The van der Waals surface area contributed by atoms with Gasteiger partial charge < -0.3 is 19.5 Å². The van der Waals surface area contributed by atoms with Crippen molar-refractivity contribution in [3.05, 3.63) is 59.7 Å². The number of methoxy groups -OCH3 is 2. The Kier molecular flexibility index (Phi) is 7.63. The molecule has 0 saturated carbocycles. The molecule has 6 nitrogen and oxygen atoms in total. The molecular formula is C22H25NO5. The first-order chi connectivity index (χ1) is 13.4. The minimum absolute atomic E-state index is 0.267. The van der Waals surface area contributed by atoms with E-state index in [1.807, 2.05) is 38.1 Å². The number of amides is 1. The Morgan fingerprint density at radius 3 is 2.43 bits per heavy atom. The number of para-hydroxylation sites is 1. The predicted octanol–water partition coefficient (Wildman–Crippen LogP) is 4.02. The van der Waals surface area contributed by atoms with E-state index in [1.54, 1.807) is 31.4 Å². The Balaban J connectivity index is 1.90. The van der Waals surface area contributed by atoms with Crippen LogP contribution in [0.15, 0.2) is 48.5 Å². The number of carbonyl (C=O) groups excluding carboxylic acids is 2. The zero-order chi connectivity index (χ0) is 20.5. The van der Waals surface area contributed by atoms with E-state index in [0.29, 0.717) is 11.5 Å². The van der Waals surface area contributed by atoms with Crippen molar-refractivity contribution in [2.75, 3.05) is 26.1 Å². The lowest BCUT2D eigenvalue weighted by Crippen LogP contribution is -2.21. The fourth-order valence-electron chi connectivity index (χ4n) is 2.61. The van der Waals surface area contributed by atoms with E-state index in [4.69, 9.17) is 14.2 Å². The summed E-state index contributed by atoms with van der Waals surface area (Å²) in [6.45, 7) is 3.73. The summed E-state index contributed by atoms with van der Waals surface area (Å²) in [6.07, 6.45) is 2.84. The smallest absolute Gasteiger partial charge is 0.331 e. The first-order valence-electron chi connectivity index (χ1n) is 8.90. The van der Waals surface area contributed by atoms with Gasteiger partial charge in [0.15, 0.2) is 18.1 Å². The average molecular weight is 383 g/mol. The Morgan fingerprint density at radius 2 is 1.75 bits per heavy atom. The predicted molar refractivity (Wildman–Crippen MR) is 109 cm³/mol. The van der Waals surface area contributed by atoms with E-state index in [0.717, 1.165) is 16.8 Å². The lowest BCUT2D eigenvalue weighted by atomic mass is 10.0. The summed E-state index contributed by atoms with van der Waals surface area (Å²) in [5.41, 5.74) is 2.49. The molecule has 0 radical (unpaired) electrons. The van der Waals surface area contributed by atoms with Crippen LogP contribution < -0.4 is 14.8 Å². The molecule has 0 unspecified atom stereocenters. The molecule has 0 aliphatic rings. The molecule has 1 N–H and O–H groups in total. The van der Waals surface area contributed by atoms with Crippen LogP contribution in [0.3, 0.4) is 0 Å². The molecule has 0 heterocycles. The van der Waals surface area contributed by atoms with Crippen molar-refractivity contribution in [1.82, 2.24) is 0 Å². The second-order valence-corrected chi connectivity index (χ2v) is 6.35. The number of benzene rings is 2. The third-order valence-corrected chi connectivity index (χ3v) is 4.02. The van der Waals surface area contributed by atoms with Crippen LogP contribution >= 0.6 is 0 Å². The van der Waals surface area contributed by atoms with E-state index >= 15 is 0 Å². The molecule has 0 aliphatic carbocycles. The summed E-state index contributed by atoms with van der Waals surface area (Å²) in [7, 11) is 3.09. The van der Waals surface area contributed by atoms with E-state index < -0.39 is 5.97 Å². The summed E-state index contributed by atoms with van der Waals surface area (Å²) in [6, 6.07) is 12.8. The number of rotatable bonds is 8. The van der Waals surface area contributed by atoms with Crippen LogP contribution in [0.1, 0.15) is 30.9 Å². The van der Waals surface area contributed by atoms with Gasteiger partial charge in [-0.15, -0.1) is 0 Å². The maximum Gasteiger partial charge on any atom is 0.331 e. The molecule has 28 heavy (non-hydrogen) atoms. The van der Waals surface area contributed by atoms with E-state index in [1.165, 1.54) is 13.2 Å². The second-order valence-electron chi connectivity index (χ2n) is 6.35. The van der Waals surface area contributed by atoms with Crippen LogP contribution in [-0.4, -0.2) is 32.7 Å². The fourth-order valence-corrected chi connectivity index (χ4v) is 2.61. The Bertz CT molecular complexity index is 858. The molecule has 2 rings (SSSR count). The normalized spacial score (nSPS) is 10.8. The summed E-state index contributed by atoms with van der Waals surface area (Å²) < 4.78 is 15.4. The van der Waals surface area contributed by atoms with Crippen LogP contribution in [0.2, 0.25) is 0 Å². The molecule has 148 valence electrons. The highest BCUT2D eigenvalue weighted by molar-refractivity contribution is 5.95. The standard InChI is InChI=1S/C22H25NO5/c1-15(2)17-7-5-6-8-18(17)23-21(24)14-28-22(25)12-10-16-9-11-19(26-3)20(13-16)27-4/h5-13,15H,14H2,1-4H3,(H,23,24)/b12-10+. The first kappa shape index (κ1) is 21.0. The van der Waals surface area contributed by atoms with Crippen LogP contribution in [0.25, 0.3) is 6.08 Å². The number of ether oxygens (including phenoxy) is 3. The highest BCUT2D eigenvalue weighted by Crippen LogP contribution is 2.28. The second kappa shape index (κ2) is 10.2. The van der Waals surface area contributed by atoms with Gasteiger partial charge in [-0.1, -0.05) is 38.1 Å². The number of carbonyl (C=O) groups is 2. The largest absolute Gasteiger partial charge is 0.493 e. The van der Waals surface area contributed by atoms with Crippen molar-refractivity contribution in [3.8, 4) is 11.5 Å². The average Bonchev–Trinajstić information content (AvgIpc) is 2.70. The topological polar surface area (TPSA) is 73.9 Å². The molecule has 0 aromatic heterocycles. The zero-order valence-electron chi connectivity index (χ0n) is 16.5. The third kappa shape index (κ3) is 5.87. The summed E-state index contributed by atoms with van der Waals surface area (Å²) in [5.74, 6) is 0.424. The summed E-state index contributed by atoms with van der Waals surface area (Å²) in [4.78, 5) is 24.0. The van der Waals surface area contributed by atoms with Gasteiger partial charge in [-0.2, -0.15) is 0 Å². The zero-order valence-corrected chi connectivity index (χ0v) is 16.5. The maximum absolute atomic E-state index is 12.1. The molecule has 1 amide bonds. The van der Waals surface area contributed by atoms with E-state index in [-0.39, 0.29) is 18.4 Å². The number of hydrogen-bond acceptors (Lipinski definition) is 5. The Morgan fingerprint density at radius 1 is 1.04 bits per heavy atom. The first-order valence-corrected chi connectivity index (χ1v) is 8.90. The van der Waals surface area contributed by atoms with Crippen molar-refractivity contribution in [2.24, 2.45) is 0 Å². The van der Waals surface area contributed by atoms with Gasteiger partial charge in [-0.05, 0) is 41.3 Å². The lowest BCUT2D eigenvalue weighted by Gasteiger charge is -2.13. The van der Waals surface area contributed by atoms with Crippen LogP contribution in [0.4, 0.5) is 5.69 Å². The van der Waals surface area contributed by atoms with Crippen LogP contribution in [-0.2, 0) is 14.3 Å². The van der Waals surface area contributed by atoms with Gasteiger partial charge in [0, 0.05) is 11.8 Å². The molecule has 0 aliphatic heterocycles. The highest BCUT2D eigenvalue weighted by Gasteiger charge is 2.10. The number of hydrogen-bond donors (Lipinski definition) is 1. The van der Waals surface area contributed by atoms with Crippen molar-refractivity contribution < 1.29 is 23.8 Å². The van der Waals surface area contributed by atoms with Crippen LogP contribution in [0.5, 0.6) is 11.5 Å². The molecule has 2 aromatic rings. The van der Waals surface area contributed by atoms with Crippen molar-refractivity contribution in [2.45, 2.75) is 19.8 Å². The van der Waals surface area contributed by atoms with Gasteiger partial charge in [0.05, 0.1) is 14.2 Å². The van der Waals surface area contributed by atoms with Gasteiger partial charge in [0.2, 0.25) is 0 Å². The minimum atomic E-state index is -0.609. The van der Waals surface area contributed by atoms with Gasteiger partial charge in [-0.25, -0.2) is 4.79 Å². The molecule has 0 atom stereocenters. The van der Waals surface area contributed by atoms with Gasteiger partial charge in [-0.3, -0.25) is 4.79 Å². The van der Waals surface area contributed by atoms with E-state index in [2.05, 4.69) is 5.32 Å². The molecule has 0 saturated heterocycles.